The van der Waals surface area contributed by atoms with Crippen LogP contribution < -0.4 is 64.9 Å². The Kier molecular flexibility index (Phi) is 107. The van der Waals surface area contributed by atoms with Gasteiger partial charge >= 0.3 is 41.4 Å². The molecule has 2 rings (SSSR count). The van der Waals surface area contributed by atoms with Gasteiger partial charge in [0.25, 0.3) is 0 Å². The summed E-state index contributed by atoms with van der Waals surface area (Å²) in [6.07, 6.45) is 20.0. The van der Waals surface area contributed by atoms with E-state index in [9.17, 15) is 57.5 Å². The highest BCUT2D eigenvalue weighted by atomic mass is 16.5. The van der Waals surface area contributed by atoms with Gasteiger partial charge in [0, 0.05) is 98.4 Å². The van der Waals surface area contributed by atoms with Crippen LogP contribution in [0, 0.1) is 6.92 Å². The molecule has 0 aliphatic rings. The first-order valence-corrected chi connectivity index (χ1v) is 39.6. The number of ether oxygens (including phenoxy) is 4. The number of unbranched alkanes of at least 4 members (excludes halogenated alkanes) is 18. The highest BCUT2D eigenvalue weighted by molar-refractivity contribution is 5.91. The van der Waals surface area contributed by atoms with Crippen molar-refractivity contribution in [2.45, 2.75) is 339 Å². The van der Waals surface area contributed by atoms with E-state index in [1.807, 2.05) is 118 Å². The average Bonchev–Trinajstić information content (AvgIpc) is 0.788. The first-order valence-electron chi connectivity index (χ1n) is 39.6. The van der Waals surface area contributed by atoms with Crippen LogP contribution in [-0.2, 0) is 62.6 Å². The summed E-state index contributed by atoms with van der Waals surface area (Å²) in [4.78, 5) is 138. The Bertz CT molecular complexity index is 2510. The Labute approximate surface area is 641 Å². The van der Waals surface area contributed by atoms with Crippen molar-refractivity contribution < 1.29 is 62.1 Å². The van der Waals surface area contributed by atoms with Crippen molar-refractivity contribution in [1.29, 1.82) is 0 Å². The second kappa shape index (κ2) is 95.1. The van der Waals surface area contributed by atoms with Crippen LogP contribution in [0.1, 0.15) is 312 Å². The van der Waals surface area contributed by atoms with Crippen molar-refractivity contribution in [1.82, 2.24) is 50.9 Å². The molecule has 28 heteroatoms. The maximum atomic E-state index is 13.2. The summed E-state index contributed by atoms with van der Waals surface area (Å²) in [7, 11) is 5.26. The van der Waals surface area contributed by atoms with Gasteiger partial charge in [0.2, 0.25) is 29.5 Å². The molecule has 9 amide bonds. The summed E-state index contributed by atoms with van der Waals surface area (Å²) in [6.45, 7) is 47.1. The molecule has 0 bridgehead atoms. The van der Waals surface area contributed by atoms with E-state index in [2.05, 4.69) is 73.7 Å². The van der Waals surface area contributed by atoms with Gasteiger partial charge in [0.1, 0.15) is 6.17 Å². The van der Waals surface area contributed by atoms with Gasteiger partial charge in [-0.3, -0.25) is 29.3 Å². The molecule has 2 aromatic rings. The number of aryl methyl sites for hydroxylation is 1. The quantitative estimate of drug-likeness (QED) is 0.0170. The van der Waals surface area contributed by atoms with Crippen molar-refractivity contribution >= 4 is 65.3 Å². The average molecular weight is 1520 g/mol. The number of benzene rings is 1. The van der Waals surface area contributed by atoms with Gasteiger partial charge in [-0.15, -0.1) is 0 Å². The van der Waals surface area contributed by atoms with Gasteiger partial charge in [-0.25, -0.2) is 47.3 Å². The summed E-state index contributed by atoms with van der Waals surface area (Å²) in [5, 5.41) is 24.0. The Morgan fingerprint density at radius 3 is 0.925 bits per heavy atom. The standard InChI is InChI=1S/C27H48N6O7.C14H28N2O3.C11H14N2O3.C10H20N2O3.8C2H6/c1-22(34)28-16-10-4-7-13-19-31-25(37)32(20-14-8-5-11-17-29-23(2)35)27(39)33(26(31)38)21-15-9-6-12-18-30-24(36)40-3;1-4-5-6-7-8-9-10-11-13(15-12(2)17)16-14(18)19-3;1-7-4-5-9(12-8(2)14)6-10(7)13-11(15)16-3;1-9(13)11-7-5-3-4-6-8-12-10(14)15-2;8*1-2/h4-21H2,1-3H3,(H,28,34)(H,29,35)(H,30,36);13H,4-11H2,1-3H3,(H,15,17)(H,16,18);4-6H,1-3H3,(H,12,14)(H,13,15);3-8H2,1-2H3,(H,11,13)(H,12,14);8*1-2H3. The molecule has 1 heterocycles. The SMILES string of the molecule is CC.CC.CC.CC.CC.CC.CC.CC.CCCCCCCCCC(NC(C)=O)NC(=O)OC.COC(=O)NCCCCCCNC(C)=O.COC(=O)NCCCCCCn1c(=O)n(CCCCCCNC(C)=O)c(=O)n(CCCCCCNC(C)=O)c1=O.COC(=O)Nc1cc(NC(C)=O)ccc1C. The molecule has 0 aliphatic heterocycles. The van der Waals surface area contributed by atoms with Gasteiger partial charge < -0.3 is 61.5 Å². The molecule has 1 aromatic heterocycles. The molecule has 0 saturated carbocycles. The maximum Gasteiger partial charge on any atom is 0.411 e. The third-order valence-corrected chi connectivity index (χ3v) is 13.4. The Balaban J connectivity index is -0.000000147. The van der Waals surface area contributed by atoms with Gasteiger partial charge in [-0.05, 0) is 88.8 Å². The van der Waals surface area contributed by atoms with Gasteiger partial charge in [0.15, 0.2) is 0 Å². The van der Waals surface area contributed by atoms with Gasteiger partial charge in [-0.1, -0.05) is 214 Å². The van der Waals surface area contributed by atoms with Gasteiger partial charge in [-0.2, -0.15) is 0 Å². The number of carbonyl (C=O) groups excluding carboxylic acids is 9. The van der Waals surface area contributed by atoms with Crippen LogP contribution in [0.25, 0.3) is 0 Å². The molecule has 9 N–H and O–H groups in total. The number of nitrogens with zero attached hydrogens (tertiary/aromatic N) is 3. The number of nitrogens with one attached hydrogen (secondary N) is 9. The van der Waals surface area contributed by atoms with Crippen LogP contribution in [-0.4, -0.2) is 135 Å². The zero-order valence-electron chi connectivity index (χ0n) is 71.8. The highest BCUT2D eigenvalue weighted by Crippen LogP contribution is 2.20. The number of hydrogen-bond acceptors (Lipinski definition) is 16. The Hall–Kier alpha value is -7.94. The van der Waals surface area contributed by atoms with E-state index in [0.717, 1.165) is 115 Å². The van der Waals surface area contributed by atoms with E-state index in [-0.39, 0.29) is 61.4 Å². The second-order valence-corrected chi connectivity index (χ2v) is 21.4. The minimum Gasteiger partial charge on any atom is -0.453 e. The van der Waals surface area contributed by atoms with E-state index in [4.69, 9.17) is 0 Å². The topological polar surface area (TPSA) is 365 Å². The lowest BCUT2D eigenvalue weighted by molar-refractivity contribution is -0.120. The summed E-state index contributed by atoms with van der Waals surface area (Å²) >= 11 is 0. The molecule has 0 spiro atoms. The third kappa shape index (κ3) is 81.7. The summed E-state index contributed by atoms with van der Waals surface area (Å²) in [6, 6.07) is 5.24. The van der Waals surface area contributed by atoms with Crippen molar-refractivity contribution in [3.8, 4) is 0 Å². The first kappa shape index (κ1) is 119. The fourth-order valence-electron chi connectivity index (χ4n) is 8.56. The molecule has 0 saturated heterocycles. The van der Waals surface area contributed by atoms with Crippen LogP contribution >= 0.6 is 0 Å². The lowest BCUT2D eigenvalue weighted by Gasteiger charge is -2.18. The zero-order valence-corrected chi connectivity index (χ0v) is 71.8. The normalized spacial score (nSPS) is 9.39. The number of carbonyl (C=O) groups is 9. The van der Waals surface area contributed by atoms with E-state index in [1.54, 1.807) is 18.2 Å². The molecular weight excluding hydrogens is 1360 g/mol. The van der Waals surface area contributed by atoms with Crippen LogP contribution in [0.15, 0.2) is 32.6 Å². The van der Waals surface area contributed by atoms with E-state index >= 15 is 0 Å². The first-order chi connectivity index (χ1) is 51.0. The third-order valence-electron chi connectivity index (χ3n) is 13.4. The minimum atomic E-state index is -0.577. The number of hydrogen-bond donors (Lipinski definition) is 9. The number of alkyl carbamates (subject to hydrolysis) is 3. The monoisotopic (exact) mass is 1520 g/mol. The molecule has 1 aromatic carbocycles. The number of rotatable bonds is 40. The van der Waals surface area contributed by atoms with Crippen molar-refractivity contribution in [2.75, 3.05) is 71.8 Å². The molecule has 626 valence electrons. The van der Waals surface area contributed by atoms with Crippen LogP contribution in [0.4, 0.5) is 30.6 Å². The Morgan fingerprint density at radius 2 is 0.632 bits per heavy atom. The van der Waals surface area contributed by atoms with Gasteiger partial charge in [0.05, 0.1) is 28.4 Å². The number of aromatic nitrogens is 3. The highest BCUT2D eigenvalue weighted by Gasteiger charge is 2.16. The predicted molar refractivity (Wildman–Crippen MR) is 438 cm³/mol. The fraction of sp³-hybridized carbons (Fsp3) is 0.769. The molecule has 0 radical (unpaired) electrons. The molecule has 0 fully saturated rings. The summed E-state index contributed by atoms with van der Waals surface area (Å²) in [5.74, 6) is -0.431. The minimum absolute atomic E-state index is 0.0161. The molecule has 28 nitrogen and oxygen atoms in total. The Morgan fingerprint density at radius 1 is 0.340 bits per heavy atom. The van der Waals surface area contributed by atoms with E-state index in [1.165, 1.54) is 109 Å². The van der Waals surface area contributed by atoms with Crippen LogP contribution in [0.3, 0.4) is 0 Å². The smallest absolute Gasteiger partial charge is 0.411 e. The van der Waals surface area contributed by atoms with Crippen LogP contribution in [0.5, 0.6) is 0 Å². The second-order valence-electron chi connectivity index (χ2n) is 21.4. The fourth-order valence-corrected chi connectivity index (χ4v) is 8.56. The maximum absolute atomic E-state index is 13.2. The van der Waals surface area contributed by atoms with Crippen LogP contribution in [0.2, 0.25) is 0 Å². The van der Waals surface area contributed by atoms with Crippen molar-refractivity contribution in [2.24, 2.45) is 0 Å². The molecule has 0 aliphatic carbocycles. The molecule has 1 atom stereocenters. The number of anilines is 2. The largest absolute Gasteiger partial charge is 0.453 e. The summed E-state index contributed by atoms with van der Waals surface area (Å²) < 4.78 is 21.5. The molecule has 1 unspecified atom stereocenters. The zero-order chi connectivity index (χ0) is 83.9. The summed E-state index contributed by atoms with van der Waals surface area (Å²) in [5.41, 5.74) is 0.401. The van der Waals surface area contributed by atoms with E-state index < -0.39 is 35.3 Å². The molecule has 106 heavy (non-hydrogen) atoms. The lowest BCUT2D eigenvalue weighted by atomic mass is 10.1. The van der Waals surface area contributed by atoms with Crippen molar-refractivity contribution in [3.05, 3.63) is 55.2 Å². The number of methoxy groups -OCH3 is 4. The van der Waals surface area contributed by atoms with E-state index in [0.29, 0.717) is 56.8 Å². The van der Waals surface area contributed by atoms with Crippen molar-refractivity contribution in [3.63, 3.8) is 0 Å². The lowest BCUT2D eigenvalue weighted by Crippen LogP contribution is -2.54. The predicted octanol–water partition coefficient (Wildman–Crippen LogP) is 15.8. The number of amides is 9. The molecular formula is C78H158N12O16.